The van der Waals surface area contributed by atoms with Crippen molar-refractivity contribution < 1.29 is 22.0 Å². The van der Waals surface area contributed by atoms with Gasteiger partial charge in [-0.1, -0.05) is 0 Å². The molecule has 5 rings (SSSR count). The lowest BCUT2D eigenvalue weighted by molar-refractivity contribution is -0.117. The summed E-state index contributed by atoms with van der Waals surface area (Å²) >= 11 is 0. The molecule has 1 atom stereocenters. The number of rotatable bonds is 4. The fraction of sp³-hybridized carbons (Fsp3) is 0.273. The van der Waals surface area contributed by atoms with Gasteiger partial charge in [-0.15, -0.1) is 4.09 Å². The maximum atomic E-state index is 14.5. The van der Waals surface area contributed by atoms with Gasteiger partial charge in [-0.05, 0) is 54.8 Å². The Balaban J connectivity index is 1.54. The van der Waals surface area contributed by atoms with E-state index in [9.17, 15) is 22.0 Å². The normalized spacial score (nSPS) is 18.5. The monoisotopic (exact) mass is 458 g/mol. The molecule has 3 aromatic rings. The van der Waals surface area contributed by atoms with Crippen LogP contribution in [0.4, 0.5) is 20.3 Å². The number of hydrogen-bond donors (Lipinski definition) is 0. The van der Waals surface area contributed by atoms with E-state index in [0.717, 1.165) is 22.3 Å². The topological polar surface area (TPSA) is 75.5 Å². The van der Waals surface area contributed by atoms with E-state index in [1.165, 1.54) is 23.2 Å². The van der Waals surface area contributed by atoms with Crippen LogP contribution in [0.1, 0.15) is 30.0 Å². The van der Waals surface area contributed by atoms with Gasteiger partial charge in [-0.25, -0.2) is 8.78 Å². The van der Waals surface area contributed by atoms with Gasteiger partial charge in [0.25, 0.3) is 10.0 Å². The number of amides is 1. The molecule has 1 unspecified atom stereocenters. The van der Waals surface area contributed by atoms with Gasteiger partial charge >= 0.3 is 0 Å². The van der Waals surface area contributed by atoms with E-state index in [0.29, 0.717) is 30.6 Å². The Morgan fingerprint density at radius 1 is 1.09 bits per heavy atom. The molecule has 166 valence electrons. The van der Waals surface area contributed by atoms with Gasteiger partial charge in [0, 0.05) is 30.9 Å². The summed E-state index contributed by atoms with van der Waals surface area (Å²) in [5.74, 6) is -0.909. The van der Waals surface area contributed by atoms with Crippen LogP contribution < -0.4 is 9.80 Å². The van der Waals surface area contributed by atoms with Crippen LogP contribution in [0.3, 0.4) is 0 Å². The summed E-state index contributed by atoms with van der Waals surface area (Å²) in [6.45, 7) is 0.477. The molecule has 32 heavy (non-hydrogen) atoms. The lowest BCUT2D eigenvalue weighted by Gasteiger charge is -2.27. The predicted molar refractivity (Wildman–Crippen MR) is 114 cm³/mol. The molecule has 1 saturated heterocycles. The number of carbonyl (C=O) groups excluding carboxylic acids is 1. The van der Waals surface area contributed by atoms with E-state index in [4.69, 9.17) is 0 Å². The Morgan fingerprint density at radius 2 is 1.91 bits per heavy atom. The highest BCUT2D eigenvalue weighted by molar-refractivity contribution is 7.90. The first kappa shape index (κ1) is 20.6. The molecule has 0 spiro atoms. The smallest absolute Gasteiger partial charge is 0.284 e. The quantitative estimate of drug-likeness (QED) is 0.600. The summed E-state index contributed by atoms with van der Waals surface area (Å²) in [5.41, 5.74) is 1.50. The average molecular weight is 458 g/mol. The SMILES string of the molecule is CN1C(=O)Cc2cc(S(=O)(=O)n3nccc3N3CCCC3c3cc(F)ccc3F)ccc21. The second kappa shape index (κ2) is 7.40. The molecule has 1 fully saturated rings. The second-order valence-electron chi connectivity index (χ2n) is 7.97. The highest BCUT2D eigenvalue weighted by Crippen LogP contribution is 2.38. The zero-order valence-corrected chi connectivity index (χ0v) is 18.0. The Kier molecular flexibility index (Phi) is 4.77. The number of halogens is 2. The lowest BCUT2D eigenvalue weighted by atomic mass is 10.0. The summed E-state index contributed by atoms with van der Waals surface area (Å²) < 4.78 is 56.1. The maximum Gasteiger partial charge on any atom is 0.284 e. The van der Waals surface area contributed by atoms with Crippen LogP contribution in [0.2, 0.25) is 0 Å². The van der Waals surface area contributed by atoms with E-state index in [1.54, 1.807) is 24.1 Å². The molecule has 1 amide bonds. The first-order valence-electron chi connectivity index (χ1n) is 10.2. The first-order chi connectivity index (χ1) is 15.3. The van der Waals surface area contributed by atoms with Crippen molar-refractivity contribution in [3.05, 3.63) is 71.4 Å². The number of aromatic nitrogens is 2. The van der Waals surface area contributed by atoms with Crippen LogP contribution in [0.15, 0.2) is 53.6 Å². The second-order valence-corrected chi connectivity index (χ2v) is 9.74. The molecule has 2 aliphatic rings. The molecular formula is C22H20F2N4O3S. The summed E-state index contributed by atoms with van der Waals surface area (Å²) in [7, 11) is -2.43. The van der Waals surface area contributed by atoms with E-state index in [1.807, 2.05) is 0 Å². The van der Waals surface area contributed by atoms with Crippen LogP contribution in [0.5, 0.6) is 0 Å². The summed E-state index contributed by atoms with van der Waals surface area (Å²) in [6.07, 6.45) is 2.75. The standard InChI is InChI=1S/C22H20F2N4O3S/c1-26-19-7-5-16(11-14(19)12-22(26)29)32(30,31)28-21(8-9-25-28)27-10-2-3-20(27)17-13-15(23)4-6-18(17)24/h4-9,11,13,20H,2-3,10,12H2,1H3. The van der Waals surface area contributed by atoms with Gasteiger partial charge in [0.1, 0.15) is 17.5 Å². The lowest BCUT2D eigenvalue weighted by Crippen LogP contribution is -2.28. The van der Waals surface area contributed by atoms with Crippen molar-refractivity contribution in [1.82, 2.24) is 9.19 Å². The van der Waals surface area contributed by atoms with Gasteiger partial charge in [0.15, 0.2) is 0 Å². The average Bonchev–Trinajstić information content (AvgIpc) is 3.49. The van der Waals surface area contributed by atoms with Gasteiger partial charge in [0.2, 0.25) is 5.91 Å². The van der Waals surface area contributed by atoms with Gasteiger partial charge < -0.3 is 9.80 Å². The Labute approximate surface area is 183 Å². The van der Waals surface area contributed by atoms with Crippen LogP contribution >= 0.6 is 0 Å². The minimum Gasteiger partial charge on any atom is -0.349 e. The molecule has 3 heterocycles. The minimum absolute atomic E-state index is 0.0111. The van der Waals surface area contributed by atoms with Crippen molar-refractivity contribution >= 4 is 27.4 Å². The highest BCUT2D eigenvalue weighted by atomic mass is 32.2. The molecule has 1 aromatic heterocycles. The van der Waals surface area contributed by atoms with Gasteiger partial charge in [0.05, 0.1) is 23.6 Å². The number of likely N-dealkylation sites (N-methyl/N-ethyl adjacent to an activating group) is 1. The van der Waals surface area contributed by atoms with Crippen LogP contribution in [0, 0.1) is 11.6 Å². The fourth-order valence-electron chi connectivity index (χ4n) is 4.52. The third-order valence-corrected chi connectivity index (χ3v) is 7.70. The van der Waals surface area contributed by atoms with Crippen molar-refractivity contribution in [3.63, 3.8) is 0 Å². The van der Waals surface area contributed by atoms with Crippen LogP contribution in [-0.4, -0.2) is 37.1 Å². The van der Waals surface area contributed by atoms with Crippen molar-refractivity contribution in [2.75, 3.05) is 23.4 Å². The third kappa shape index (κ3) is 3.17. The molecule has 10 heteroatoms. The third-order valence-electron chi connectivity index (χ3n) is 6.11. The highest BCUT2D eigenvalue weighted by Gasteiger charge is 2.34. The zero-order valence-electron chi connectivity index (χ0n) is 17.2. The maximum absolute atomic E-state index is 14.5. The number of hydrogen-bond acceptors (Lipinski definition) is 5. The van der Waals surface area contributed by atoms with Gasteiger partial charge in [-0.3, -0.25) is 4.79 Å². The van der Waals surface area contributed by atoms with Crippen LogP contribution in [-0.2, 0) is 21.2 Å². The largest absolute Gasteiger partial charge is 0.349 e. The molecule has 2 aromatic carbocycles. The summed E-state index contributed by atoms with van der Waals surface area (Å²) in [5, 5.41) is 4.04. The number of anilines is 2. The minimum atomic E-state index is -4.08. The Hall–Kier alpha value is -3.27. The van der Waals surface area contributed by atoms with Crippen LogP contribution in [0.25, 0.3) is 0 Å². The van der Waals surface area contributed by atoms with Crippen molar-refractivity contribution in [1.29, 1.82) is 0 Å². The number of nitrogens with zero attached hydrogens (tertiary/aromatic N) is 4. The number of carbonyl (C=O) groups is 1. The van der Waals surface area contributed by atoms with E-state index in [2.05, 4.69) is 5.10 Å². The van der Waals surface area contributed by atoms with E-state index in [-0.39, 0.29) is 28.6 Å². The Morgan fingerprint density at radius 3 is 2.72 bits per heavy atom. The first-order valence-corrected chi connectivity index (χ1v) is 11.6. The molecule has 0 radical (unpaired) electrons. The summed E-state index contributed by atoms with van der Waals surface area (Å²) in [4.78, 5) is 15.2. The summed E-state index contributed by atoms with van der Waals surface area (Å²) in [6, 6.07) is 8.88. The van der Waals surface area contributed by atoms with E-state index >= 15 is 0 Å². The molecule has 0 bridgehead atoms. The van der Waals surface area contributed by atoms with E-state index < -0.39 is 27.7 Å². The van der Waals surface area contributed by atoms with Crippen molar-refractivity contribution in [3.8, 4) is 0 Å². The molecule has 0 aliphatic carbocycles. The van der Waals surface area contributed by atoms with Crippen molar-refractivity contribution in [2.45, 2.75) is 30.2 Å². The van der Waals surface area contributed by atoms with Gasteiger partial charge in [-0.2, -0.15) is 13.5 Å². The van der Waals surface area contributed by atoms with Crippen molar-refractivity contribution in [2.24, 2.45) is 0 Å². The molecule has 0 N–H and O–H groups in total. The molecule has 7 nitrogen and oxygen atoms in total. The molecule has 0 saturated carbocycles. The Bertz CT molecular complexity index is 1340. The number of fused-ring (bicyclic) bond motifs is 1. The predicted octanol–water partition coefficient (Wildman–Crippen LogP) is 3.26. The molecule has 2 aliphatic heterocycles. The molecular weight excluding hydrogens is 438 g/mol. The fourth-order valence-corrected chi connectivity index (χ4v) is 5.84. The number of benzene rings is 2. The zero-order chi connectivity index (χ0) is 22.6.